The standard InChI is InChI=1S/C20H18BrN2O3/c21-14-6-7-19-17(10-14)18-12-22(25)9-8-20(18)23(19)11-15(24)13-26-16-4-2-1-3-5-16/h1-10,12,15,24-25H,11,13H2/q+1. The zero-order valence-corrected chi connectivity index (χ0v) is 15.5. The fraction of sp³-hybridized carbons (Fsp3) is 0.150. The van der Waals surface area contributed by atoms with Crippen molar-refractivity contribution in [3.05, 3.63) is 71.5 Å². The van der Waals surface area contributed by atoms with E-state index in [1.165, 1.54) is 0 Å². The first-order valence-corrected chi connectivity index (χ1v) is 9.09. The molecule has 0 radical (unpaired) electrons. The molecule has 0 aliphatic heterocycles. The molecule has 26 heavy (non-hydrogen) atoms. The second-order valence-corrected chi connectivity index (χ2v) is 7.09. The van der Waals surface area contributed by atoms with Gasteiger partial charge in [-0.1, -0.05) is 34.1 Å². The number of nitrogens with zero attached hydrogens (tertiary/aromatic N) is 2. The number of aliphatic hydroxyl groups excluding tert-OH is 1. The van der Waals surface area contributed by atoms with E-state index in [9.17, 15) is 10.3 Å². The van der Waals surface area contributed by atoms with Crippen LogP contribution in [0.25, 0.3) is 21.8 Å². The maximum atomic E-state index is 10.5. The molecule has 2 N–H and O–H groups in total. The Labute approximate surface area is 158 Å². The number of hydrogen-bond acceptors (Lipinski definition) is 3. The van der Waals surface area contributed by atoms with Crippen molar-refractivity contribution in [3.63, 3.8) is 0 Å². The number of aromatic nitrogens is 2. The highest BCUT2D eigenvalue weighted by atomic mass is 79.9. The van der Waals surface area contributed by atoms with Crippen LogP contribution in [0.4, 0.5) is 0 Å². The Morgan fingerprint density at radius 1 is 1.04 bits per heavy atom. The molecule has 0 fully saturated rings. The van der Waals surface area contributed by atoms with Gasteiger partial charge in [-0.3, -0.25) is 5.21 Å². The van der Waals surface area contributed by atoms with Crippen LogP contribution in [-0.2, 0) is 6.54 Å². The number of pyridine rings is 1. The van der Waals surface area contributed by atoms with E-state index in [1.807, 2.05) is 54.6 Å². The van der Waals surface area contributed by atoms with E-state index in [1.54, 1.807) is 12.4 Å². The average molecular weight is 414 g/mol. The maximum Gasteiger partial charge on any atom is 0.232 e. The minimum atomic E-state index is -0.667. The van der Waals surface area contributed by atoms with Crippen LogP contribution >= 0.6 is 15.9 Å². The summed E-state index contributed by atoms with van der Waals surface area (Å²) in [5, 5.41) is 22.2. The highest BCUT2D eigenvalue weighted by molar-refractivity contribution is 9.10. The quantitative estimate of drug-likeness (QED) is 0.388. The molecule has 0 saturated heterocycles. The average Bonchev–Trinajstić information content (AvgIpc) is 2.93. The van der Waals surface area contributed by atoms with Gasteiger partial charge < -0.3 is 14.4 Å². The third kappa shape index (κ3) is 3.25. The van der Waals surface area contributed by atoms with Gasteiger partial charge >= 0.3 is 0 Å². The lowest BCUT2D eigenvalue weighted by atomic mass is 10.2. The summed E-state index contributed by atoms with van der Waals surface area (Å²) >= 11 is 3.50. The van der Waals surface area contributed by atoms with E-state index in [0.717, 1.165) is 36.8 Å². The summed E-state index contributed by atoms with van der Waals surface area (Å²) in [6.45, 7) is 0.596. The van der Waals surface area contributed by atoms with Crippen molar-refractivity contribution in [2.45, 2.75) is 12.6 Å². The molecule has 5 nitrogen and oxygen atoms in total. The van der Waals surface area contributed by atoms with Crippen LogP contribution in [0.15, 0.2) is 71.5 Å². The summed E-state index contributed by atoms with van der Waals surface area (Å²) in [5.41, 5.74) is 1.94. The smallest absolute Gasteiger partial charge is 0.232 e. The third-order valence-corrected chi connectivity index (χ3v) is 4.82. The Bertz CT molecular complexity index is 1000. The van der Waals surface area contributed by atoms with Crippen molar-refractivity contribution in [3.8, 4) is 5.75 Å². The first-order valence-electron chi connectivity index (χ1n) is 8.30. The van der Waals surface area contributed by atoms with Crippen molar-refractivity contribution in [2.24, 2.45) is 0 Å². The van der Waals surface area contributed by atoms with E-state index in [2.05, 4.69) is 20.5 Å². The number of halogens is 1. The first-order chi connectivity index (χ1) is 12.6. The van der Waals surface area contributed by atoms with Gasteiger partial charge in [-0.05, 0) is 30.3 Å². The Balaban J connectivity index is 1.66. The highest BCUT2D eigenvalue weighted by Crippen LogP contribution is 2.30. The molecule has 2 aromatic carbocycles. The summed E-state index contributed by atoms with van der Waals surface area (Å²) in [7, 11) is 0. The number of benzene rings is 2. The molecule has 4 rings (SSSR count). The minimum absolute atomic E-state index is 0.203. The number of hydrogen-bond donors (Lipinski definition) is 2. The van der Waals surface area contributed by atoms with Gasteiger partial charge in [-0.25, -0.2) is 0 Å². The molecular weight excluding hydrogens is 396 g/mol. The van der Waals surface area contributed by atoms with Crippen LogP contribution in [0.3, 0.4) is 0 Å². The fourth-order valence-electron chi connectivity index (χ4n) is 3.18. The van der Waals surface area contributed by atoms with Crippen molar-refractivity contribution in [2.75, 3.05) is 6.61 Å². The lowest BCUT2D eigenvalue weighted by Crippen LogP contribution is -2.28. The van der Waals surface area contributed by atoms with Gasteiger partial charge in [0.1, 0.15) is 18.5 Å². The number of para-hydroxylation sites is 1. The Kier molecular flexibility index (Phi) is 4.53. The van der Waals surface area contributed by atoms with Crippen LogP contribution in [0.2, 0.25) is 0 Å². The van der Waals surface area contributed by atoms with Gasteiger partial charge in [0.25, 0.3) is 0 Å². The van der Waals surface area contributed by atoms with Gasteiger partial charge in [0.15, 0.2) is 0 Å². The van der Waals surface area contributed by atoms with Crippen LogP contribution < -0.4 is 9.47 Å². The van der Waals surface area contributed by atoms with Crippen LogP contribution in [0.5, 0.6) is 5.75 Å². The van der Waals surface area contributed by atoms with Crippen LogP contribution in [0, 0.1) is 0 Å². The van der Waals surface area contributed by atoms with Crippen LogP contribution in [-0.4, -0.2) is 27.6 Å². The van der Waals surface area contributed by atoms with Gasteiger partial charge in [0.05, 0.1) is 17.4 Å². The predicted molar refractivity (Wildman–Crippen MR) is 102 cm³/mol. The zero-order chi connectivity index (χ0) is 18.1. The molecule has 0 aliphatic carbocycles. The number of rotatable bonds is 5. The predicted octanol–water partition coefficient (Wildman–Crippen LogP) is 3.52. The minimum Gasteiger partial charge on any atom is -0.491 e. The molecule has 4 aromatic rings. The lowest BCUT2D eigenvalue weighted by molar-refractivity contribution is -0.903. The fourth-order valence-corrected chi connectivity index (χ4v) is 3.54. The Morgan fingerprint density at radius 2 is 1.81 bits per heavy atom. The second-order valence-electron chi connectivity index (χ2n) is 6.17. The third-order valence-electron chi connectivity index (χ3n) is 4.33. The Morgan fingerprint density at radius 3 is 2.62 bits per heavy atom. The van der Waals surface area contributed by atoms with E-state index in [0.29, 0.717) is 6.54 Å². The van der Waals surface area contributed by atoms with E-state index in [-0.39, 0.29) is 6.61 Å². The summed E-state index contributed by atoms with van der Waals surface area (Å²) in [4.78, 5) is 0. The molecule has 6 heteroatoms. The molecule has 0 amide bonds. The molecular formula is C20H18BrN2O3+. The largest absolute Gasteiger partial charge is 0.491 e. The van der Waals surface area contributed by atoms with Crippen molar-refractivity contribution < 1.29 is 19.8 Å². The molecule has 0 saturated carbocycles. The van der Waals surface area contributed by atoms with Crippen molar-refractivity contribution in [1.29, 1.82) is 0 Å². The number of fused-ring (bicyclic) bond motifs is 3. The van der Waals surface area contributed by atoms with Crippen molar-refractivity contribution >= 4 is 37.7 Å². The second kappa shape index (κ2) is 6.97. The van der Waals surface area contributed by atoms with E-state index < -0.39 is 6.10 Å². The zero-order valence-electron chi connectivity index (χ0n) is 13.9. The molecule has 0 bridgehead atoms. The lowest BCUT2D eigenvalue weighted by Gasteiger charge is -2.15. The summed E-state index contributed by atoms with van der Waals surface area (Å²) in [6, 6.07) is 17.3. The monoisotopic (exact) mass is 413 g/mol. The van der Waals surface area contributed by atoms with Gasteiger partial charge in [0.2, 0.25) is 12.4 Å². The summed E-state index contributed by atoms with van der Waals surface area (Å²) in [5.74, 6) is 0.735. The molecule has 1 unspecified atom stereocenters. The Hall–Kier alpha value is -2.57. The van der Waals surface area contributed by atoms with Crippen molar-refractivity contribution in [1.82, 2.24) is 4.57 Å². The number of ether oxygens (including phenoxy) is 1. The van der Waals surface area contributed by atoms with Gasteiger partial charge in [-0.15, -0.1) is 0 Å². The maximum absolute atomic E-state index is 10.5. The van der Waals surface area contributed by atoms with E-state index in [4.69, 9.17) is 4.74 Å². The highest BCUT2D eigenvalue weighted by Gasteiger charge is 2.17. The topological polar surface area (TPSA) is 58.5 Å². The number of aliphatic hydroxyl groups is 1. The first kappa shape index (κ1) is 16.9. The van der Waals surface area contributed by atoms with Gasteiger partial charge in [0, 0.05) is 26.2 Å². The normalized spacial score (nSPS) is 12.5. The van der Waals surface area contributed by atoms with Crippen LogP contribution in [0.1, 0.15) is 0 Å². The summed E-state index contributed by atoms with van der Waals surface area (Å²) < 4.78 is 9.72. The summed E-state index contributed by atoms with van der Waals surface area (Å²) in [6.07, 6.45) is 2.59. The molecule has 1 atom stereocenters. The molecule has 132 valence electrons. The molecule has 0 aliphatic rings. The van der Waals surface area contributed by atoms with Gasteiger partial charge in [-0.2, -0.15) is 0 Å². The molecule has 0 spiro atoms. The van der Waals surface area contributed by atoms with E-state index >= 15 is 0 Å². The molecule has 2 aromatic heterocycles. The molecule has 2 heterocycles. The SMILES string of the molecule is OC(COc1ccccc1)Cn1c2ccc(Br)cc2c2c[n+](O)ccc21.